The molecule has 0 saturated carbocycles. The minimum atomic E-state index is -3.31. The Labute approximate surface area is 160 Å². The van der Waals surface area contributed by atoms with Gasteiger partial charge in [0.15, 0.2) is 9.84 Å². The van der Waals surface area contributed by atoms with Gasteiger partial charge in [0.25, 0.3) is 0 Å². The molecule has 27 heavy (non-hydrogen) atoms. The number of rotatable bonds is 6. The van der Waals surface area contributed by atoms with E-state index in [1.807, 2.05) is 18.2 Å². The summed E-state index contributed by atoms with van der Waals surface area (Å²) in [6.07, 6.45) is 2.40. The maximum atomic E-state index is 12.1. The molecule has 0 saturated heterocycles. The fourth-order valence-corrected chi connectivity index (χ4v) is 4.57. The van der Waals surface area contributed by atoms with Gasteiger partial charge in [0, 0.05) is 12.3 Å². The Morgan fingerprint density at radius 2 is 1.63 bits per heavy atom. The molecule has 0 radical (unpaired) electrons. The molecule has 2 aromatic carbocycles. The summed E-state index contributed by atoms with van der Waals surface area (Å²) in [4.78, 5) is 0.198. The zero-order chi connectivity index (χ0) is 19.8. The molecule has 0 amide bonds. The van der Waals surface area contributed by atoms with Gasteiger partial charge in [0.05, 0.1) is 10.1 Å². The maximum absolute atomic E-state index is 12.1. The van der Waals surface area contributed by atoms with Gasteiger partial charge in [-0.2, -0.15) is 0 Å². The molecule has 3 rings (SSSR count). The molecule has 1 aliphatic rings. The zero-order valence-electron chi connectivity index (χ0n) is 15.5. The van der Waals surface area contributed by atoms with Crippen LogP contribution in [0.2, 0.25) is 0 Å². The Morgan fingerprint density at radius 3 is 2.30 bits per heavy atom. The first-order valence-electron chi connectivity index (χ1n) is 8.65. The third kappa shape index (κ3) is 4.69. The minimum Gasteiger partial charge on any atom is -0.457 e. The van der Waals surface area contributed by atoms with Gasteiger partial charge >= 0.3 is 0 Å². The van der Waals surface area contributed by atoms with E-state index < -0.39 is 25.1 Å². The van der Waals surface area contributed by atoms with E-state index in [4.69, 9.17) is 4.74 Å². The van der Waals surface area contributed by atoms with Gasteiger partial charge in [-0.3, -0.25) is 0 Å². The molecule has 0 fully saturated rings. The van der Waals surface area contributed by atoms with Crippen LogP contribution in [0.1, 0.15) is 25.0 Å². The first-order chi connectivity index (χ1) is 12.5. The number of nitrogens with one attached hydrogen (secondary N) is 1. The largest absolute Gasteiger partial charge is 0.457 e. The van der Waals surface area contributed by atoms with E-state index in [2.05, 4.69) is 4.72 Å². The molecular formula is C19H23NO5S2. The fraction of sp³-hybridized carbons (Fsp3) is 0.368. The number of sulfonamides is 1. The summed E-state index contributed by atoms with van der Waals surface area (Å²) in [6.45, 7) is 3.31. The monoisotopic (exact) mass is 409 g/mol. The van der Waals surface area contributed by atoms with Crippen molar-refractivity contribution in [1.29, 1.82) is 0 Å². The summed E-state index contributed by atoms with van der Waals surface area (Å²) >= 11 is 0. The SMILES string of the molecule is CC(C)S(=O)(=O)N[C@H]1Cc2ccc(Oc3cccc(S(C)(=O)=O)c3)cc2C1. The molecule has 1 N–H and O–H groups in total. The second kappa shape index (κ2) is 7.26. The number of ether oxygens (including phenoxy) is 1. The van der Waals surface area contributed by atoms with Gasteiger partial charge < -0.3 is 4.74 Å². The van der Waals surface area contributed by atoms with Crippen molar-refractivity contribution in [2.45, 2.75) is 42.9 Å². The third-order valence-corrected chi connectivity index (χ3v) is 7.54. The van der Waals surface area contributed by atoms with Crippen LogP contribution in [0.4, 0.5) is 0 Å². The highest BCUT2D eigenvalue weighted by Gasteiger charge is 2.27. The van der Waals surface area contributed by atoms with Crippen molar-refractivity contribution < 1.29 is 21.6 Å². The Kier molecular flexibility index (Phi) is 5.33. The van der Waals surface area contributed by atoms with Crippen molar-refractivity contribution in [3.63, 3.8) is 0 Å². The van der Waals surface area contributed by atoms with Crippen molar-refractivity contribution in [2.75, 3.05) is 6.26 Å². The van der Waals surface area contributed by atoms with Crippen LogP contribution in [0.5, 0.6) is 11.5 Å². The Bertz CT molecular complexity index is 1060. The van der Waals surface area contributed by atoms with Crippen LogP contribution in [-0.2, 0) is 32.7 Å². The van der Waals surface area contributed by atoms with E-state index in [1.165, 1.54) is 12.1 Å². The van der Waals surface area contributed by atoms with E-state index in [0.29, 0.717) is 24.3 Å². The molecule has 2 aromatic rings. The number of hydrogen-bond donors (Lipinski definition) is 1. The van der Waals surface area contributed by atoms with Gasteiger partial charge in [0.2, 0.25) is 10.0 Å². The second-order valence-electron chi connectivity index (χ2n) is 7.10. The maximum Gasteiger partial charge on any atom is 0.214 e. The molecular weight excluding hydrogens is 386 g/mol. The van der Waals surface area contributed by atoms with E-state index in [9.17, 15) is 16.8 Å². The molecule has 146 valence electrons. The van der Waals surface area contributed by atoms with Crippen LogP contribution in [0.3, 0.4) is 0 Å². The topological polar surface area (TPSA) is 89.5 Å². The first-order valence-corrected chi connectivity index (χ1v) is 12.1. The predicted octanol–water partition coefficient (Wildman–Crippen LogP) is 2.68. The molecule has 6 nitrogen and oxygen atoms in total. The Hall–Kier alpha value is -1.90. The highest BCUT2D eigenvalue weighted by atomic mass is 32.2. The van der Waals surface area contributed by atoms with Crippen molar-refractivity contribution >= 4 is 19.9 Å². The standard InChI is InChI=1S/C19H23NO5S2/c1-13(2)27(23,24)20-16-9-14-7-8-18(11-15(14)10-16)25-17-5-4-6-19(12-17)26(3,21)22/h4-8,11-13,16,20H,9-10H2,1-3H3/t16-/m0/s1. The van der Waals surface area contributed by atoms with Gasteiger partial charge in [-0.15, -0.1) is 0 Å². The average Bonchev–Trinajstić information content (AvgIpc) is 2.95. The van der Waals surface area contributed by atoms with Crippen molar-refractivity contribution in [1.82, 2.24) is 4.72 Å². The number of sulfone groups is 1. The van der Waals surface area contributed by atoms with Gasteiger partial charge in [-0.1, -0.05) is 12.1 Å². The van der Waals surface area contributed by atoms with Gasteiger partial charge in [-0.25, -0.2) is 21.6 Å². The summed E-state index contributed by atoms with van der Waals surface area (Å²) < 4.78 is 56.1. The normalized spacial score (nSPS) is 17.1. The summed E-state index contributed by atoms with van der Waals surface area (Å²) in [5.74, 6) is 1.03. The van der Waals surface area contributed by atoms with E-state index in [-0.39, 0.29) is 10.9 Å². The predicted molar refractivity (Wildman–Crippen MR) is 104 cm³/mol. The summed E-state index contributed by atoms with van der Waals surface area (Å²) in [6, 6.07) is 11.8. The fourth-order valence-electron chi connectivity index (χ4n) is 3.01. The first kappa shape index (κ1) is 19.9. The number of hydrogen-bond acceptors (Lipinski definition) is 5. The minimum absolute atomic E-state index is 0.156. The lowest BCUT2D eigenvalue weighted by molar-refractivity contribution is 0.480. The van der Waals surface area contributed by atoms with E-state index in [0.717, 1.165) is 17.4 Å². The molecule has 1 atom stereocenters. The summed E-state index contributed by atoms with van der Waals surface area (Å²) in [5.41, 5.74) is 2.12. The quantitative estimate of drug-likeness (QED) is 0.792. The molecule has 0 aliphatic heterocycles. The Balaban J connectivity index is 1.75. The van der Waals surface area contributed by atoms with Crippen LogP contribution in [0.25, 0.3) is 0 Å². The molecule has 0 bridgehead atoms. The third-order valence-electron chi connectivity index (χ3n) is 4.53. The van der Waals surface area contributed by atoms with Crippen molar-refractivity contribution in [2.24, 2.45) is 0 Å². The van der Waals surface area contributed by atoms with E-state index in [1.54, 1.807) is 26.0 Å². The molecule has 0 spiro atoms. The van der Waals surface area contributed by atoms with Crippen LogP contribution in [0.15, 0.2) is 47.4 Å². The summed E-state index contributed by atoms with van der Waals surface area (Å²) in [7, 11) is -6.62. The smallest absolute Gasteiger partial charge is 0.214 e. The molecule has 8 heteroatoms. The van der Waals surface area contributed by atoms with Crippen molar-refractivity contribution in [3.05, 3.63) is 53.6 Å². The van der Waals surface area contributed by atoms with Crippen LogP contribution >= 0.6 is 0 Å². The lowest BCUT2D eigenvalue weighted by Crippen LogP contribution is -2.39. The number of benzene rings is 2. The molecule has 0 unspecified atom stereocenters. The molecule has 1 aliphatic carbocycles. The number of fused-ring (bicyclic) bond motifs is 1. The second-order valence-corrected chi connectivity index (χ2v) is 11.4. The molecule has 0 aromatic heterocycles. The van der Waals surface area contributed by atoms with E-state index >= 15 is 0 Å². The zero-order valence-corrected chi connectivity index (χ0v) is 17.1. The molecule has 0 heterocycles. The lowest BCUT2D eigenvalue weighted by Gasteiger charge is -2.14. The van der Waals surface area contributed by atoms with Gasteiger partial charge in [0.1, 0.15) is 11.5 Å². The van der Waals surface area contributed by atoms with Crippen LogP contribution < -0.4 is 9.46 Å². The highest BCUT2D eigenvalue weighted by molar-refractivity contribution is 7.90. The lowest BCUT2D eigenvalue weighted by atomic mass is 10.1. The van der Waals surface area contributed by atoms with Crippen LogP contribution in [-0.4, -0.2) is 34.4 Å². The summed E-state index contributed by atoms with van der Waals surface area (Å²) in [5, 5.41) is -0.470. The van der Waals surface area contributed by atoms with Gasteiger partial charge in [-0.05, 0) is 68.1 Å². The highest BCUT2D eigenvalue weighted by Crippen LogP contribution is 2.30. The van der Waals surface area contributed by atoms with Crippen LogP contribution in [0, 0.1) is 0 Å². The Morgan fingerprint density at radius 1 is 0.963 bits per heavy atom. The van der Waals surface area contributed by atoms with Crippen molar-refractivity contribution in [3.8, 4) is 11.5 Å². The average molecular weight is 410 g/mol.